The number of carbonyl (C=O) groups excluding carboxylic acids is 1. The van der Waals surface area contributed by atoms with Crippen LogP contribution in [0.25, 0.3) is 22.3 Å². The molecule has 0 spiro atoms. The van der Waals surface area contributed by atoms with E-state index in [9.17, 15) is 19.7 Å². The third-order valence-corrected chi connectivity index (χ3v) is 6.39. The summed E-state index contributed by atoms with van der Waals surface area (Å²) in [4.78, 5) is 42.0. The Morgan fingerprint density at radius 3 is 2.49 bits per heavy atom. The Bertz CT molecular complexity index is 1890. The molecule has 43 heavy (non-hydrogen) atoms. The van der Waals surface area contributed by atoms with E-state index < -0.39 is 28.7 Å². The van der Waals surface area contributed by atoms with E-state index in [4.69, 9.17) is 21.1 Å². The van der Waals surface area contributed by atoms with Gasteiger partial charge in [-0.3, -0.25) is 19.7 Å². The lowest BCUT2D eigenvalue weighted by Crippen LogP contribution is -2.21. The molecule has 0 fully saturated rings. The number of aromatic nitrogens is 2. The number of amides is 1. The van der Waals surface area contributed by atoms with Gasteiger partial charge in [0.1, 0.15) is 0 Å². The smallest absolute Gasteiger partial charge is 0.315 e. The second-order valence-electron chi connectivity index (χ2n) is 9.08. The van der Waals surface area contributed by atoms with Crippen LogP contribution >= 0.6 is 11.6 Å². The fourth-order valence-corrected chi connectivity index (χ4v) is 4.35. The summed E-state index contributed by atoms with van der Waals surface area (Å²) in [5.41, 5.74) is 1.05. The molecule has 5 rings (SSSR count). The Labute approximate surface area is 250 Å². The first-order chi connectivity index (χ1) is 20.8. The number of anilines is 1. The van der Waals surface area contributed by atoms with Crippen LogP contribution in [0.4, 0.5) is 11.4 Å². The zero-order valence-electron chi connectivity index (χ0n) is 22.8. The van der Waals surface area contributed by atoms with Crippen molar-refractivity contribution in [3.63, 3.8) is 0 Å². The van der Waals surface area contributed by atoms with Crippen molar-refractivity contribution in [3.05, 3.63) is 122 Å². The molecule has 0 aliphatic heterocycles. The summed E-state index contributed by atoms with van der Waals surface area (Å²) in [6.07, 6.45) is 1.30. The maximum Gasteiger partial charge on any atom is 0.315 e. The van der Waals surface area contributed by atoms with Gasteiger partial charge in [-0.2, -0.15) is 9.78 Å². The van der Waals surface area contributed by atoms with Crippen molar-refractivity contribution in [2.75, 3.05) is 18.5 Å². The summed E-state index contributed by atoms with van der Waals surface area (Å²) in [5.74, 6) is -0.428. The number of hydrogen-bond acceptors (Lipinski definition) is 8. The van der Waals surface area contributed by atoms with Crippen LogP contribution in [0.3, 0.4) is 0 Å². The highest BCUT2D eigenvalue weighted by atomic mass is 35.5. The monoisotopic (exact) mass is 597 g/mol. The summed E-state index contributed by atoms with van der Waals surface area (Å²) < 4.78 is 12.4. The van der Waals surface area contributed by atoms with Gasteiger partial charge in [-0.15, -0.1) is 0 Å². The van der Waals surface area contributed by atoms with Gasteiger partial charge in [0.15, 0.2) is 18.2 Å². The number of nitrogens with one attached hydrogen (secondary N) is 1. The van der Waals surface area contributed by atoms with Crippen molar-refractivity contribution >= 4 is 46.0 Å². The van der Waals surface area contributed by atoms with E-state index >= 15 is 0 Å². The van der Waals surface area contributed by atoms with Crippen LogP contribution in [0.2, 0.25) is 5.02 Å². The molecule has 0 bridgehead atoms. The van der Waals surface area contributed by atoms with Gasteiger partial charge < -0.3 is 14.8 Å². The van der Waals surface area contributed by atoms with Crippen LogP contribution < -0.4 is 20.3 Å². The van der Waals surface area contributed by atoms with Crippen LogP contribution in [0.15, 0.2) is 101 Å². The molecule has 1 heterocycles. The molecular formula is C31H24ClN5O6. The molecule has 1 N–H and O–H groups in total. The molecule has 0 saturated carbocycles. The second-order valence-corrected chi connectivity index (χ2v) is 9.52. The molecule has 0 aliphatic rings. The molecular weight excluding hydrogens is 574 g/mol. The number of para-hydroxylation sites is 1. The third kappa shape index (κ3) is 6.68. The van der Waals surface area contributed by atoms with E-state index in [0.29, 0.717) is 33.0 Å². The quantitative estimate of drug-likeness (QED) is 0.120. The van der Waals surface area contributed by atoms with E-state index in [1.54, 1.807) is 67.6 Å². The second kappa shape index (κ2) is 13.0. The summed E-state index contributed by atoms with van der Waals surface area (Å²) >= 11 is 5.88. The van der Waals surface area contributed by atoms with Gasteiger partial charge >= 0.3 is 5.69 Å². The minimum atomic E-state index is -0.647. The number of ether oxygens (including phenoxy) is 2. The number of carbonyl (C=O) groups is 1. The van der Waals surface area contributed by atoms with Gasteiger partial charge in [0, 0.05) is 27.9 Å². The summed E-state index contributed by atoms with van der Waals surface area (Å²) in [7, 11) is 0. The molecule has 1 aromatic heterocycles. The fraction of sp³-hybridized carbons (Fsp3) is 0.0968. The molecule has 0 saturated heterocycles. The SMILES string of the molecule is CCOc1cc(C=Nn2c(-c3ccccc3)nc3ccccc3c2=O)cc([N+](=O)[O-])c1OCC(=O)Nc1ccc(Cl)cc1. The molecule has 12 heteroatoms. The number of halogens is 1. The largest absolute Gasteiger partial charge is 0.490 e. The normalized spacial score (nSPS) is 11.0. The van der Waals surface area contributed by atoms with E-state index in [2.05, 4.69) is 15.4 Å². The van der Waals surface area contributed by atoms with Gasteiger partial charge in [0.2, 0.25) is 5.75 Å². The average Bonchev–Trinajstić information content (AvgIpc) is 3.01. The molecule has 1 amide bonds. The molecule has 0 unspecified atom stereocenters. The first-order valence-electron chi connectivity index (χ1n) is 13.1. The predicted octanol–water partition coefficient (Wildman–Crippen LogP) is 5.92. The highest BCUT2D eigenvalue weighted by Crippen LogP contribution is 2.38. The molecule has 11 nitrogen and oxygen atoms in total. The van der Waals surface area contributed by atoms with Crippen molar-refractivity contribution in [1.82, 2.24) is 9.66 Å². The van der Waals surface area contributed by atoms with Crippen molar-refractivity contribution in [2.45, 2.75) is 6.92 Å². The van der Waals surface area contributed by atoms with Gasteiger partial charge in [-0.25, -0.2) is 4.98 Å². The molecule has 216 valence electrons. The number of nitro groups is 1. The number of rotatable bonds is 10. The minimum absolute atomic E-state index is 0.0321. The molecule has 4 aromatic carbocycles. The van der Waals surface area contributed by atoms with Gasteiger partial charge in [0.05, 0.1) is 28.6 Å². The molecule has 0 atom stereocenters. The topological polar surface area (TPSA) is 138 Å². The average molecular weight is 598 g/mol. The summed E-state index contributed by atoms with van der Waals surface area (Å²) in [6.45, 7) is 1.35. The highest BCUT2D eigenvalue weighted by molar-refractivity contribution is 6.30. The maximum absolute atomic E-state index is 13.5. The van der Waals surface area contributed by atoms with E-state index in [0.717, 1.165) is 4.68 Å². The third-order valence-electron chi connectivity index (χ3n) is 6.14. The highest BCUT2D eigenvalue weighted by Gasteiger charge is 2.24. The van der Waals surface area contributed by atoms with Gasteiger partial charge in [-0.05, 0) is 49.4 Å². The van der Waals surface area contributed by atoms with Crippen LogP contribution in [0, 0.1) is 10.1 Å². The van der Waals surface area contributed by atoms with Crippen LogP contribution in [-0.4, -0.2) is 39.9 Å². The van der Waals surface area contributed by atoms with Crippen molar-refractivity contribution in [3.8, 4) is 22.9 Å². The zero-order chi connectivity index (χ0) is 30.3. The standard InChI is InChI=1S/C31H24ClN5O6/c1-2-42-27-17-20(16-26(37(40)41)29(27)43-19-28(38)34-23-14-12-22(32)13-15-23)18-33-36-30(21-8-4-3-5-9-21)35-25-11-7-6-10-24(25)31(36)39/h3-18H,2,19H2,1H3,(H,34,38). The first kappa shape index (κ1) is 29.0. The predicted molar refractivity (Wildman–Crippen MR) is 164 cm³/mol. The Hall–Kier alpha value is -5.55. The Morgan fingerprint density at radius 1 is 1.05 bits per heavy atom. The van der Waals surface area contributed by atoms with E-state index in [1.807, 2.05) is 18.2 Å². The fourth-order valence-electron chi connectivity index (χ4n) is 4.22. The molecule has 0 aliphatic carbocycles. The Morgan fingerprint density at radius 2 is 1.77 bits per heavy atom. The van der Waals surface area contributed by atoms with Gasteiger partial charge in [-0.1, -0.05) is 54.1 Å². The summed E-state index contributed by atoms with van der Waals surface area (Å²) in [6, 6.07) is 25.1. The van der Waals surface area contributed by atoms with Crippen LogP contribution in [0.5, 0.6) is 11.5 Å². The lowest BCUT2D eigenvalue weighted by Gasteiger charge is -2.13. The maximum atomic E-state index is 13.5. The van der Waals surface area contributed by atoms with Crippen LogP contribution in [0.1, 0.15) is 12.5 Å². The number of hydrogen-bond donors (Lipinski definition) is 1. The van der Waals surface area contributed by atoms with E-state index in [-0.39, 0.29) is 23.7 Å². The number of nitro benzene ring substituents is 1. The van der Waals surface area contributed by atoms with Gasteiger partial charge in [0.25, 0.3) is 11.5 Å². The van der Waals surface area contributed by atoms with Crippen molar-refractivity contribution in [1.29, 1.82) is 0 Å². The van der Waals surface area contributed by atoms with Crippen molar-refractivity contribution in [2.24, 2.45) is 5.10 Å². The Kier molecular flexibility index (Phi) is 8.73. The molecule has 5 aromatic rings. The van der Waals surface area contributed by atoms with Crippen LogP contribution in [-0.2, 0) is 4.79 Å². The minimum Gasteiger partial charge on any atom is -0.490 e. The molecule has 0 radical (unpaired) electrons. The lowest BCUT2D eigenvalue weighted by molar-refractivity contribution is -0.385. The summed E-state index contributed by atoms with van der Waals surface area (Å²) in [5, 5.41) is 19.9. The number of fused-ring (bicyclic) bond motifs is 1. The number of nitrogens with zero attached hydrogens (tertiary/aromatic N) is 4. The van der Waals surface area contributed by atoms with E-state index in [1.165, 1.54) is 18.3 Å². The zero-order valence-corrected chi connectivity index (χ0v) is 23.5. The van der Waals surface area contributed by atoms with Crippen molar-refractivity contribution < 1.29 is 19.2 Å². The Balaban J connectivity index is 1.50. The lowest BCUT2D eigenvalue weighted by atomic mass is 10.1. The number of benzene rings is 4. The first-order valence-corrected chi connectivity index (χ1v) is 13.5.